The molecular formula is C23H29N5. The maximum absolute atomic E-state index is 4.57. The zero-order chi connectivity index (χ0) is 19.9. The van der Waals surface area contributed by atoms with Gasteiger partial charge in [-0.2, -0.15) is 4.98 Å². The Balaban J connectivity index is 1.67. The van der Waals surface area contributed by atoms with Crippen LogP contribution in [0.3, 0.4) is 0 Å². The number of anilines is 5. The van der Waals surface area contributed by atoms with Crippen LogP contribution in [-0.4, -0.2) is 23.1 Å². The molecule has 1 heterocycles. The molecular weight excluding hydrogens is 346 g/mol. The summed E-state index contributed by atoms with van der Waals surface area (Å²) in [4.78, 5) is 11.2. The molecule has 0 fully saturated rings. The molecule has 0 unspecified atom stereocenters. The van der Waals surface area contributed by atoms with Crippen LogP contribution in [0.4, 0.5) is 28.8 Å². The largest absolute Gasteiger partial charge is 0.372 e. The Morgan fingerprint density at radius 3 is 2.04 bits per heavy atom. The van der Waals surface area contributed by atoms with E-state index in [-0.39, 0.29) is 0 Å². The van der Waals surface area contributed by atoms with Gasteiger partial charge in [0.2, 0.25) is 5.95 Å². The maximum atomic E-state index is 4.57. The van der Waals surface area contributed by atoms with Crippen LogP contribution >= 0.6 is 0 Å². The summed E-state index contributed by atoms with van der Waals surface area (Å²) in [6.07, 6.45) is 1.75. The molecule has 2 N–H and O–H groups in total. The average molecular weight is 376 g/mol. The van der Waals surface area contributed by atoms with Crippen molar-refractivity contribution in [2.45, 2.75) is 33.6 Å². The Kier molecular flexibility index (Phi) is 6.48. The van der Waals surface area contributed by atoms with Crippen LogP contribution < -0.4 is 15.5 Å². The minimum atomic E-state index is 0.519. The van der Waals surface area contributed by atoms with E-state index in [9.17, 15) is 0 Å². The van der Waals surface area contributed by atoms with Gasteiger partial charge in [-0.25, -0.2) is 4.98 Å². The van der Waals surface area contributed by atoms with Crippen molar-refractivity contribution in [1.82, 2.24) is 9.97 Å². The van der Waals surface area contributed by atoms with Gasteiger partial charge in [0, 0.05) is 36.3 Å². The fourth-order valence-corrected chi connectivity index (χ4v) is 3.06. The first-order valence-corrected chi connectivity index (χ1v) is 9.91. The molecule has 28 heavy (non-hydrogen) atoms. The third kappa shape index (κ3) is 5.00. The van der Waals surface area contributed by atoms with E-state index in [1.54, 1.807) is 6.20 Å². The molecule has 0 amide bonds. The third-order valence-electron chi connectivity index (χ3n) is 4.76. The highest BCUT2D eigenvalue weighted by atomic mass is 15.1. The van der Waals surface area contributed by atoms with Crippen molar-refractivity contribution in [1.29, 1.82) is 0 Å². The summed E-state index contributed by atoms with van der Waals surface area (Å²) < 4.78 is 0. The minimum absolute atomic E-state index is 0.519. The molecule has 5 heteroatoms. The Morgan fingerprint density at radius 1 is 0.821 bits per heavy atom. The highest BCUT2D eigenvalue weighted by Gasteiger charge is 2.04. The van der Waals surface area contributed by atoms with Crippen molar-refractivity contribution in [3.8, 4) is 0 Å². The summed E-state index contributed by atoms with van der Waals surface area (Å²) >= 11 is 0. The SMILES string of the molecule is CCN(CC)c1ccc(Nc2ccnc(Nc3ccc(C(C)C)cc3)n2)cc1. The number of hydrogen-bond acceptors (Lipinski definition) is 5. The van der Waals surface area contributed by atoms with Gasteiger partial charge in [-0.3, -0.25) is 0 Å². The van der Waals surface area contributed by atoms with E-state index in [4.69, 9.17) is 0 Å². The Bertz CT molecular complexity index is 868. The zero-order valence-electron chi connectivity index (χ0n) is 17.1. The number of rotatable bonds is 8. The summed E-state index contributed by atoms with van der Waals surface area (Å²) in [5.74, 6) is 1.85. The van der Waals surface area contributed by atoms with Crippen LogP contribution in [0.1, 0.15) is 39.2 Å². The van der Waals surface area contributed by atoms with E-state index in [0.29, 0.717) is 11.9 Å². The topological polar surface area (TPSA) is 53.1 Å². The molecule has 0 saturated heterocycles. The van der Waals surface area contributed by atoms with Gasteiger partial charge < -0.3 is 15.5 Å². The summed E-state index contributed by atoms with van der Waals surface area (Å²) in [5.41, 5.74) is 4.52. The van der Waals surface area contributed by atoms with Crippen molar-refractivity contribution in [2.24, 2.45) is 0 Å². The van der Waals surface area contributed by atoms with E-state index in [2.05, 4.69) is 102 Å². The first kappa shape index (κ1) is 19.7. The second kappa shape index (κ2) is 9.22. The lowest BCUT2D eigenvalue weighted by Gasteiger charge is -2.21. The van der Waals surface area contributed by atoms with Crippen LogP contribution in [0, 0.1) is 0 Å². The Labute approximate surface area is 167 Å². The fraction of sp³-hybridized carbons (Fsp3) is 0.304. The molecule has 0 spiro atoms. The predicted octanol–water partition coefficient (Wildman–Crippen LogP) is 5.93. The number of nitrogens with zero attached hydrogens (tertiary/aromatic N) is 3. The third-order valence-corrected chi connectivity index (χ3v) is 4.76. The lowest BCUT2D eigenvalue weighted by atomic mass is 10.0. The van der Waals surface area contributed by atoms with Gasteiger partial charge in [0.25, 0.3) is 0 Å². The molecule has 0 aliphatic heterocycles. The van der Waals surface area contributed by atoms with Crippen LogP contribution in [0.2, 0.25) is 0 Å². The van der Waals surface area contributed by atoms with E-state index in [0.717, 1.165) is 30.3 Å². The summed E-state index contributed by atoms with van der Waals surface area (Å²) in [7, 11) is 0. The summed E-state index contributed by atoms with van der Waals surface area (Å²) in [6.45, 7) is 10.7. The van der Waals surface area contributed by atoms with E-state index < -0.39 is 0 Å². The molecule has 5 nitrogen and oxygen atoms in total. The van der Waals surface area contributed by atoms with Crippen molar-refractivity contribution in [2.75, 3.05) is 28.6 Å². The van der Waals surface area contributed by atoms with Gasteiger partial charge in [-0.15, -0.1) is 0 Å². The van der Waals surface area contributed by atoms with E-state index in [1.165, 1.54) is 11.3 Å². The molecule has 146 valence electrons. The van der Waals surface area contributed by atoms with Crippen LogP contribution in [0.5, 0.6) is 0 Å². The molecule has 0 aliphatic rings. The quantitative estimate of drug-likeness (QED) is 0.511. The molecule has 3 rings (SSSR count). The second-order valence-corrected chi connectivity index (χ2v) is 7.01. The van der Waals surface area contributed by atoms with Crippen LogP contribution in [0.15, 0.2) is 60.8 Å². The molecule has 2 aromatic carbocycles. The Morgan fingerprint density at radius 2 is 1.43 bits per heavy atom. The monoisotopic (exact) mass is 375 g/mol. The highest BCUT2D eigenvalue weighted by Crippen LogP contribution is 2.22. The molecule has 0 radical (unpaired) electrons. The van der Waals surface area contributed by atoms with Gasteiger partial charge in [0.1, 0.15) is 5.82 Å². The fourth-order valence-electron chi connectivity index (χ4n) is 3.06. The molecule has 0 aliphatic carbocycles. The molecule has 1 aromatic heterocycles. The standard InChI is InChI=1S/C23H29N5/c1-5-28(6-2)21-13-11-19(12-14-21)25-22-15-16-24-23(27-22)26-20-9-7-18(8-10-20)17(3)4/h7-17H,5-6H2,1-4H3,(H2,24,25,26,27). The van der Waals surface area contributed by atoms with Crippen LogP contribution in [0.25, 0.3) is 0 Å². The van der Waals surface area contributed by atoms with Gasteiger partial charge in [0.05, 0.1) is 0 Å². The van der Waals surface area contributed by atoms with E-state index >= 15 is 0 Å². The molecule has 0 saturated carbocycles. The predicted molar refractivity (Wildman–Crippen MR) is 119 cm³/mol. The van der Waals surface area contributed by atoms with Gasteiger partial charge >= 0.3 is 0 Å². The zero-order valence-corrected chi connectivity index (χ0v) is 17.1. The average Bonchev–Trinajstić information content (AvgIpc) is 2.71. The number of benzene rings is 2. The van der Waals surface area contributed by atoms with Crippen molar-refractivity contribution in [3.63, 3.8) is 0 Å². The van der Waals surface area contributed by atoms with Gasteiger partial charge in [-0.1, -0.05) is 26.0 Å². The lowest BCUT2D eigenvalue weighted by Crippen LogP contribution is -2.21. The first-order valence-electron chi connectivity index (χ1n) is 9.91. The van der Waals surface area contributed by atoms with Gasteiger partial charge in [0.15, 0.2) is 0 Å². The molecule has 3 aromatic rings. The van der Waals surface area contributed by atoms with Crippen molar-refractivity contribution in [3.05, 3.63) is 66.4 Å². The normalized spacial score (nSPS) is 10.8. The molecule has 0 bridgehead atoms. The first-order chi connectivity index (χ1) is 13.6. The number of hydrogen-bond donors (Lipinski definition) is 2. The van der Waals surface area contributed by atoms with Gasteiger partial charge in [-0.05, 0) is 67.8 Å². The summed E-state index contributed by atoms with van der Waals surface area (Å²) in [5, 5.41) is 6.61. The maximum Gasteiger partial charge on any atom is 0.229 e. The van der Waals surface area contributed by atoms with Crippen molar-refractivity contribution < 1.29 is 0 Å². The number of aromatic nitrogens is 2. The Hall–Kier alpha value is -3.08. The lowest BCUT2D eigenvalue weighted by molar-refractivity contribution is 0.866. The second-order valence-electron chi connectivity index (χ2n) is 7.01. The van der Waals surface area contributed by atoms with E-state index in [1.807, 2.05) is 6.07 Å². The smallest absolute Gasteiger partial charge is 0.229 e. The van der Waals surface area contributed by atoms with Crippen molar-refractivity contribution >= 4 is 28.8 Å². The highest BCUT2D eigenvalue weighted by molar-refractivity contribution is 5.62. The summed E-state index contributed by atoms with van der Waals surface area (Å²) in [6, 6.07) is 18.7. The molecule has 0 atom stereocenters. The minimum Gasteiger partial charge on any atom is -0.372 e. The van der Waals surface area contributed by atoms with Crippen LogP contribution in [-0.2, 0) is 0 Å². The number of nitrogens with one attached hydrogen (secondary N) is 2.